The molecule has 1 aliphatic rings. The minimum absolute atomic E-state index is 0.0315. The highest BCUT2D eigenvalue weighted by Crippen LogP contribution is 2.37. The minimum Gasteiger partial charge on any atom is -0.394 e. The Bertz CT molecular complexity index is 693. The van der Waals surface area contributed by atoms with Crippen molar-refractivity contribution in [1.82, 2.24) is 9.55 Å². The lowest BCUT2D eigenvalue weighted by Crippen LogP contribution is -2.33. The van der Waals surface area contributed by atoms with Crippen LogP contribution in [0.4, 0.5) is 0 Å². The summed E-state index contributed by atoms with van der Waals surface area (Å²) in [6, 6.07) is 3.10. The van der Waals surface area contributed by atoms with Crippen molar-refractivity contribution in [2.24, 2.45) is 0 Å². The highest BCUT2D eigenvalue weighted by atomic mass is 35.5. The largest absolute Gasteiger partial charge is 0.394 e. The fourth-order valence-electron chi connectivity index (χ4n) is 2.43. The van der Waals surface area contributed by atoms with Crippen LogP contribution in [-0.2, 0) is 4.74 Å². The van der Waals surface area contributed by atoms with Crippen LogP contribution in [0.1, 0.15) is 6.23 Å². The molecular formula is C12H11Cl3N2O4. The first kappa shape index (κ1) is 15.3. The third-order valence-corrected chi connectivity index (χ3v) is 4.22. The van der Waals surface area contributed by atoms with Crippen LogP contribution in [0, 0.1) is 0 Å². The number of fused-ring (bicyclic) bond motifs is 1. The number of aliphatic hydroxyl groups excluding tert-OH is 3. The van der Waals surface area contributed by atoms with E-state index in [-0.39, 0.29) is 5.28 Å². The van der Waals surface area contributed by atoms with Crippen LogP contribution in [0.3, 0.4) is 0 Å². The predicted molar refractivity (Wildman–Crippen MR) is 77.8 cm³/mol. The fourth-order valence-corrected chi connectivity index (χ4v) is 3.22. The second kappa shape index (κ2) is 5.55. The lowest BCUT2D eigenvalue weighted by atomic mass is 10.1. The van der Waals surface area contributed by atoms with Crippen molar-refractivity contribution in [2.75, 3.05) is 6.61 Å². The van der Waals surface area contributed by atoms with E-state index in [1.807, 2.05) is 0 Å². The van der Waals surface area contributed by atoms with Gasteiger partial charge < -0.3 is 20.1 Å². The van der Waals surface area contributed by atoms with Gasteiger partial charge in [-0.1, -0.05) is 23.2 Å². The molecule has 0 bridgehead atoms. The van der Waals surface area contributed by atoms with E-state index in [1.165, 1.54) is 10.6 Å². The standard InChI is InChI=1S/C12H11Cl3N2O4/c13-4-1-5(14)8-6(2-4)17(12(15)16-8)11-10(20)9(19)7(3-18)21-11/h1-2,7,9-11,18-20H,3H2/t7-,9-,10-,11-/m1/s1. The first-order valence-electron chi connectivity index (χ1n) is 6.09. The average molecular weight is 354 g/mol. The molecule has 1 aromatic heterocycles. The molecule has 0 amide bonds. The van der Waals surface area contributed by atoms with Crippen LogP contribution < -0.4 is 0 Å². The molecule has 9 heteroatoms. The van der Waals surface area contributed by atoms with Crippen molar-refractivity contribution in [2.45, 2.75) is 24.5 Å². The Morgan fingerprint density at radius 1 is 1.19 bits per heavy atom. The molecule has 0 unspecified atom stereocenters. The van der Waals surface area contributed by atoms with E-state index in [2.05, 4.69) is 4.98 Å². The highest BCUT2D eigenvalue weighted by molar-refractivity contribution is 6.38. The van der Waals surface area contributed by atoms with Gasteiger partial charge in [0.1, 0.15) is 23.8 Å². The minimum atomic E-state index is -1.27. The van der Waals surface area contributed by atoms with E-state index in [4.69, 9.17) is 44.6 Å². The van der Waals surface area contributed by atoms with E-state index < -0.39 is 31.1 Å². The first-order chi connectivity index (χ1) is 9.93. The molecule has 1 aliphatic heterocycles. The molecule has 1 saturated heterocycles. The van der Waals surface area contributed by atoms with Gasteiger partial charge in [0, 0.05) is 5.02 Å². The number of nitrogens with zero attached hydrogens (tertiary/aromatic N) is 2. The molecule has 3 N–H and O–H groups in total. The topological polar surface area (TPSA) is 87.7 Å². The maximum absolute atomic E-state index is 10.1. The zero-order chi connectivity index (χ0) is 15.3. The van der Waals surface area contributed by atoms with Gasteiger partial charge in [-0.2, -0.15) is 0 Å². The number of rotatable bonds is 2. The van der Waals surface area contributed by atoms with E-state index in [9.17, 15) is 10.2 Å². The Morgan fingerprint density at radius 3 is 2.52 bits per heavy atom. The van der Waals surface area contributed by atoms with E-state index in [0.717, 1.165) is 0 Å². The number of aliphatic hydroxyl groups is 3. The lowest BCUT2D eigenvalue weighted by molar-refractivity contribution is -0.0507. The summed E-state index contributed by atoms with van der Waals surface area (Å²) >= 11 is 18.1. The molecule has 6 nitrogen and oxygen atoms in total. The van der Waals surface area contributed by atoms with Crippen molar-refractivity contribution in [3.8, 4) is 0 Å². The van der Waals surface area contributed by atoms with Crippen LogP contribution in [0.5, 0.6) is 0 Å². The number of ether oxygens (including phenoxy) is 1. The lowest BCUT2D eigenvalue weighted by Gasteiger charge is -2.18. The van der Waals surface area contributed by atoms with Gasteiger partial charge in [0.15, 0.2) is 6.23 Å². The SMILES string of the molecule is OC[C@H]1O[C@@H](n2c(Cl)nc3c(Cl)cc(Cl)cc32)[C@H](O)[C@@H]1O. The van der Waals surface area contributed by atoms with Gasteiger partial charge in [-0.25, -0.2) is 4.98 Å². The Balaban J connectivity index is 2.15. The summed E-state index contributed by atoms with van der Waals surface area (Å²) in [6.45, 7) is -0.430. The Hall–Kier alpha value is -0.600. The third-order valence-electron chi connectivity index (χ3n) is 3.44. The highest BCUT2D eigenvalue weighted by Gasteiger charge is 2.44. The smallest absolute Gasteiger partial charge is 0.206 e. The zero-order valence-electron chi connectivity index (χ0n) is 10.4. The maximum Gasteiger partial charge on any atom is 0.206 e. The Kier molecular flexibility index (Phi) is 4.04. The van der Waals surface area contributed by atoms with Gasteiger partial charge in [0.05, 0.1) is 17.1 Å². The molecule has 4 atom stereocenters. The number of imidazole rings is 1. The Labute approximate surface area is 134 Å². The molecule has 2 heterocycles. The van der Waals surface area contributed by atoms with E-state index >= 15 is 0 Å². The second-order valence-corrected chi connectivity index (χ2v) is 5.92. The van der Waals surface area contributed by atoms with E-state index in [0.29, 0.717) is 21.1 Å². The monoisotopic (exact) mass is 352 g/mol. The van der Waals surface area contributed by atoms with Crippen LogP contribution in [0.2, 0.25) is 15.3 Å². The number of benzene rings is 1. The summed E-state index contributed by atoms with van der Waals surface area (Å²) < 4.78 is 6.84. The summed E-state index contributed by atoms with van der Waals surface area (Å²) in [5.41, 5.74) is 0.871. The number of halogens is 3. The molecule has 0 saturated carbocycles. The van der Waals surface area contributed by atoms with Crippen LogP contribution >= 0.6 is 34.8 Å². The summed E-state index contributed by atoms with van der Waals surface area (Å²) in [5, 5.41) is 29.8. The number of hydrogen-bond acceptors (Lipinski definition) is 5. The molecule has 0 spiro atoms. The normalized spacial score (nSPS) is 29.4. The molecule has 3 rings (SSSR count). The van der Waals surface area contributed by atoms with Gasteiger partial charge in [0.25, 0.3) is 0 Å². The molecular weight excluding hydrogens is 343 g/mol. The predicted octanol–water partition coefficient (Wildman–Crippen LogP) is 1.61. The van der Waals surface area contributed by atoms with Gasteiger partial charge in [-0.3, -0.25) is 4.57 Å². The van der Waals surface area contributed by atoms with Gasteiger partial charge in [-0.05, 0) is 23.7 Å². The van der Waals surface area contributed by atoms with Gasteiger partial charge >= 0.3 is 0 Å². The zero-order valence-corrected chi connectivity index (χ0v) is 12.7. The molecule has 1 aromatic carbocycles. The third kappa shape index (κ3) is 2.41. The first-order valence-corrected chi connectivity index (χ1v) is 7.22. The van der Waals surface area contributed by atoms with Crippen molar-refractivity contribution >= 4 is 45.8 Å². The van der Waals surface area contributed by atoms with Crippen molar-refractivity contribution in [3.63, 3.8) is 0 Å². The fraction of sp³-hybridized carbons (Fsp3) is 0.417. The van der Waals surface area contributed by atoms with Crippen molar-refractivity contribution in [1.29, 1.82) is 0 Å². The average Bonchev–Trinajstić information content (AvgIpc) is 2.89. The second-order valence-electron chi connectivity index (χ2n) is 4.74. The van der Waals surface area contributed by atoms with Crippen LogP contribution in [0.25, 0.3) is 11.0 Å². The molecule has 2 aromatic rings. The van der Waals surface area contributed by atoms with Crippen molar-refractivity contribution in [3.05, 3.63) is 27.5 Å². The maximum atomic E-state index is 10.1. The molecule has 1 fully saturated rings. The van der Waals surface area contributed by atoms with Crippen LogP contribution in [0.15, 0.2) is 12.1 Å². The summed E-state index contributed by atoms with van der Waals surface area (Å²) in [7, 11) is 0. The number of aromatic nitrogens is 2. The van der Waals surface area contributed by atoms with Gasteiger partial charge in [-0.15, -0.1) is 0 Å². The summed E-state index contributed by atoms with van der Waals surface area (Å²) in [4.78, 5) is 4.11. The molecule has 114 valence electrons. The van der Waals surface area contributed by atoms with Gasteiger partial charge in [0.2, 0.25) is 5.28 Å². The number of hydrogen-bond donors (Lipinski definition) is 3. The quantitative estimate of drug-likeness (QED) is 0.763. The van der Waals surface area contributed by atoms with Crippen molar-refractivity contribution < 1.29 is 20.1 Å². The molecule has 0 radical (unpaired) electrons. The molecule has 0 aliphatic carbocycles. The Morgan fingerprint density at radius 2 is 1.90 bits per heavy atom. The summed E-state index contributed by atoms with van der Waals surface area (Å²) in [5.74, 6) is 0. The van der Waals surface area contributed by atoms with Crippen LogP contribution in [-0.4, -0.2) is 49.8 Å². The molecule has 21 heavy (non-hydrogen) atoms. The summed E-state index contributed by atoms with van der Waals surface area (Å²) in [6.07, 6.45) is -4.41. The van der Waals surface area contributed by atoms with E-state index in [1.54, 1.807) is 6.07 Å².